The smallest absolute Gasteiger partial charge is 0.342 e. The summed E-state index contributed by atoms with van der Waals surface area (Å²) in [5.41, 5.74) is 0.310. The molecule has 0 heterocycles. The molecule has 0 aromatic heterocycles. The van der Waals surface area contributed by atoms with Gasteiger partial charge in [-0.05, 0) is 42.7 Å². The van der Waals surface area contributed by atoms with Crippen molar-refractivity contribution < 1.29 is 28.2 Å². The van der Waals surface area contributed by atoms with Crippen molar-refractivity contribution in [2.45, 2.75) is 4.90 Å². The Morgan fingerprint density at radius 1 is 1.04 bits per heavy atom. The summed E-state index contributed by atoms with van der Waals surface area (Å²) in [7, 11) is 2.78. The molecule has 0 aliphatic carbocycles. The molecule has 0 amide bonds. The SMILES string of the molecule is COc1ccc(C(=O)COC(=O)c2ccc(SC)cc2OC)cc1F. The van der Waals surface area contributed by atoms with Crippen molar-refractivity contribution in [3.8, 4) is 11.5 Å². The van der Waals surface area contributed by atoms with Crippen molar-refractivity contribution in [2.24, 2.45) is 0 Å². The van der Waals surface area contributed by atoms with Crippen LogP contribution >= 0.6 is 11.8 Å². The van der Waals surface area contributed by atoms with E-state index in [1.54, 1.807) is 18.2 Å². The Bertz CT molecular complexity index is 791. The van der Waals surface area contributed by atoms with Gasteiger partial charge in [0.1, 0.15) is 11.3 Å². The van der Waals surface area contributed by atoms with Crippen LogP contribution in [0.3, 0.4) is 0 Å². The first-order valence-corrected chi connectivity index (χ1v) is 8.48. The number of methoxy groups -OCH3 is 2. The van der Waals surface area contributed by atoms with Crippen molar-refractivity contribution >= 4 is 23.5 Å². The average Bonchev–Trinajstić information content (AvgIpc) is 2.65. The molecule has 0 atom stereocenters. The van der Waals surface area contributed by atoms with E-state index in [1.807, 2.05) is 6.26 Å². The van der Waals surface area contributed by atoms with E-state index in [0.717, 1.165) is 11.0 Å². The summed E-state index contributed by atoms with van der Waals surface area (Å²) in [5, 5.41) is 0. The second-order valence-electron chi connectivity index (χ2n) is 4.91. The van der Waals surface area contributed by atoms with Gasteiger partial charge in [0.05, 0.1) is 14.2 Å². The molecule has 0 unspecified atom stereocenters. The van der Waals surface area contributed by atoms with Gasteiger partial charge in [0, 0.05) is 10.5 Å². The van der Waals surface area contributed by atoms with Crippen molar-refractivity contribution in [2.75, 3.05) is 27.1 Å². The maximum Gasteiger partial charge on any atom is 0.342 e. The molecule has 7 heteroatoms. The van der Waals surface area contributed by atoms with Crippen molar-refractivity contribution in [3.05, 3.63) is 53.3 Å². The van der Waals surface area contributed by atoms with Crippen LogP contribution in [0.1, 0.15) is 20.7 Å². The van der Waals surface area contributed by atoms with Gasteiger partial charge in [0.25, 0.3) is 0 Å². The number of carbonyl (C=O) groups excluding carboxylic acids is 2. The van der Waals surface area contributed by atoms with Gasteiger partial charge in [-0.1, -0.05) is 0 Å². The highest BCUT2D eigenvalue weighted by Gasteiger charge is 2.17. The summed E-state index contributed by atoms with van der Waals surface area (Å²) in [5.74, 6) is -1.47. The Labute approximate surface area is 149 Å². The van der Waals surface area contributed by atoms with Crippen LogP contribution in [-0.4, -0.2) is 38.8 Å². The van der Waals surface area contributed by atoms with Gasteiger partial charge in [-0.25, -0.2) is 9.18 Å². The number of halogens is 1. The zero-order valence-electron chi connectivity index (χ0n) is 14.0. The highest BCUT2D eigenvalue weighted by molar-refractivity contribution is 7.98. The summed E-state index contributed by atoms with van der Waals surface area (Å²) in [6.07, 6.45) is 1.90. The number of rotatable bonds is 7. The number of ether oxygens (including phenoxy) is 3. The Kier molecular flexibility index (Phi) is 6.41. The summed E-state index contributed by atoms with van der Waals surface area (Å²) in [4.78, 5) is 25.2. The van der Waals surface area contributed by atoms with Crippen molar-refractivity contribution in [1.82, 2.24) is 0 Å². The lowest BCUT2D eigenvalue weighted by atomic mass is 10.1. The molecule has 5 nitrogen and oxygen atoms in total. The molecule has 0 aliphatic rings. The molecule has 0 radical (unpaired) electrons. The van der Waals surface area contributed by atoms with Gasteiger partial charge in [-0.15, -0.1) is 11.8 Å². The molecule has 0 bridgehead atoms. The molecule has 25 heavy (non-hydrogen) atoms. The third-order valence-corrected chi connectivity index (χ3v) is 4.16. The molecule has 0 saturated heterocycles. The van der Waals surface area contributed by atoms with Gasteiger partial charge in [0.2, 0.25) is 0 Å². The maximum absolute atomic E-state index is 13.6. The zero-order chi connectivity index (χ0) is 18.4. The van der Waals surface area contributed by atoms with Crippen molar-refractivity contribution in [3.63, 3.8) is 0 Å². The molecule has 0 N–H and O–H groups in total. The minimum atomic E-state index is -0.688. The largest absolute Gasteiger partial charge is 0.496 e. The highest BCUT2D eigenvalue weighted by atomic mass is 32.2. The lowest BCUT2D eigenvalue weighted by Gasteiger charge is -2.10. The maximum atomic E-state index is 13.6. The molecular weight excluding hydrogens is 347 g/mol. The first kappa shape index (κ1) is 18.8. The zero-order valence-corrected chi connectivity index (χ0v) is 14.8. The van der Waals surface area contributed by atoms with Crippen LogP contribution in [-0.2, 0) is 4.74 Å². The highest BCUT2D eigenvalue weighted by Crippen LogP contribution is 2.26. The quantitative estimate of drug-likeness (QED) is 0.425. The molecule has 0 fully saturated rings. The van der Waals surface area contributed by atoms with Crippen LogP contribution in [0.4, 0.5) is 4.39 Å². The van der Waals surface area contributed by atoms with Crippen LogP contribution < -0.4 is 9.47 Å². The standard InChI is InChI=1S/C18H17FO5S/c1-22-16-7-4-11(8-14(16)19)15(20)10-24-18(21)13-6-5-12(25-3)9-17(13)23-2/h4-9H,10H2,1-3H3. The van der Waals surface area contributed by atoms with E-state index in [-0.39, 0.29) is 16.9 Å². The van der Waals surface area contributed by atoms with E-state index >= 15 is 0 Å². The van der Waals surface area contributed by atoms with Crippen LogP contribution in [0.15, 0.2) is 41.3 Å². The Hall–Kier alpha value is -2.54. The normalized spacial score (nSPS) is 10.2. The van der Waals surface area contributed by atoms with E-state index in [9.17, 15) is 14.0 Å². The second kappa shape index (κ2) is 8.53. The summed E-state index contributed by atoms with van der Waals surface area (Å²) in [6, 6.07) is 8.83. The third-order valence-electron chi connectivity index (χ3n) is 3.44. The summed E-state index contributed by atoms with van der Waals surface area (Å²) >= 11 is 1.51. The topological polar surface area (TPSA) is 61.8 Å². The first-order chi connectivity index (χ1) is 12.0. The Balaban J connectivity index is 2.07. The van der Waals surface area contributed by atoms with Gasteiger partial charge in [-0.2, -0.15) is 0 Å². The molecule has 2 rings (SSSR count). The predicted molar refractivity (Wildman–Crippen MR) is 92.3 cm³/mol. The molecule has 0 saturated carbocycles. The van der Waals surface area contributed by atoms with Crippen LogP contribution in [0, 0.1) is 5.82 Å². The van der Waals surface area contributed by atoms with Gasteiger partial charge in [0.15, 0.2) is 24.0 Å². The molecule has 0 aliphatic heterocycles. The Morgan fingerprint density at radius 3 is 2.36 bits per heavy atom. The summed E-state index contributed by atoms with van der Waals surface area (Å²) < 4.78 is 28.6. The lowest BCUT2D eigenvalue weighted by Crippen LogP contribution is -2.15. The van der Waals surface area contributed by atoms with Gasteiger partial charge >= 0.3 is 5.97 Å². The van der Waals surface area contributed by atoms with Crippen LogP contribution in [0.5, 0.6) is 11.5 Å². The molecule has 0 spiro atoms. The van der Waals surface area contributed by atoms with Gasteiger partial charge < -0.3 is 14.2 Å². The number of carbonyl (C=O) groups is 2. The van der Waals surface area contributed by atoms with E-state index < -0.39 is 24.2 Å². The fraction of sp³-hybridized carbons (Fsp3) is 0.222. The number of hydrogen-bond donors (Lipinski definition) is 0. The number of benzene rings is 2. The monoisotopic (exact) mass is 364 g/mol. The van der Waals surface area contributed by atoms with Gasteiger partial charge in [-0.3, -0.25) is 4.79 Å². The van der Waals surface area contributed by atoms with E-state index in [1.165, 1.54) is 38.1 Å². The number of thioether (sulfide) groups is 1. The van der Waals surface area contributed by atoms with Crippen LogP contribution in [0.25, 0.3) is 0 Å². The predicted octanol–water partition coefficient (Wildman–Crippen LogP) is 3.60. The van der Waals surface area contributed by atoms with Crippen molar-refractivity contribution in [1.29, 1.82) is 0 Å². The first-order valence-electron chi connectivity index (χ1n) is 7.26. The third kappa shape index (κ3) is 4.51. The fourth-order valence-electron chi connectivity index (χ4n) is 2.10. The molecule has 2 aromatic rings. The van der Waals surface area contributed by atoms with E-state index in [4.69, 9.17) is 14.2 Å². The molecular formula is C18H17FO5S. The Morgan fingerprint density at radius 2 is 1.76 bits per heavy atom. The number of ketones is 1. The fourth-order valence-corrected chi connectivity index (χ4v) is 2.53. The number of hydrogen-bond acceptors (Lipinski definition) is 6. The van der Waals surface area contributed by atoms with E-state index in [0.29, 0.717) is 5.75 Å². The number of Topliss-reactive ketones (excluding diaryl/α,β-unsaturated/α-hetero) is 1. The van der Waals surface area contributed by atoms with Crippen LogP contribution in [0.2, 0.25) is 0 Å². The minimum Gasteiger partial charge on any atom is -0.496 e. The molecule has 2 aromatic carbocycles. The lowest BCUT2D eigenvalue weighted by molar-refractivity contribution is 0.0471. The van der Waals surface area contributed by atoms with E-state index in [2.05, 4.69) is 0 Å². The molecule has 132 valence electrons. The minimum absolute atomic E-state index is 0.0344. The second-order valence-corrected chi connectivity index (χ2v) is 5.79. The number of esters is 1. The average molecular weight is 364 g/mol. The summed E-state index contributed by atoms with van der Waals surface area (Å²) in [6.45, 7) is -0.502.